The summed E-state index contributed by atoms with van der Waals surface area (Å²) in [5, 5.41) is 5.63. The number of nitrogens with zero attached hydrogens (tertiary/aromatic N) is 3. The first kappa shape index (κ1) is 33.1. The smallest absolute Gasteiger partial charge is 0.417 e. The van der Waals surface area contributed by atoms with E-state index in [-0.39, 0.29) is 57.7 Å². The molecule has 2 bridgehead atoms. The number of ether oxygens (including phenoxy) is 2. The molecule has 9 rings (SSSR count). The van der Waals surface area contributed by atoms with Gasteiger partial charge in [0.25, 0.3) is 0 Å². The van der Waals surface area contributed by atoms with Gasteiger partial charge in [0, 0.05) is 54.5 Å². The van der Waals surface area contributed by atoms with Crippen LogP contribution in [0.15, 0.2) is 61.1 Å². The van der Waals surface area contributed by atoms with E-state index in [1.54, 1.807) is 13.1 Å². The molecule has 264 valence electrons. The summed E-state index contributed by atoms with van der Waals surface area (Å²) in [5.74, 6) is -3.87. The molecule has 14 heteroatoms. The van der Waals surface area contributed by atoms with Crippen molar-refractivity contribution >= 4 is 33.9 Å². The highest BCUT2D eigenvalue weighted by molar-refractivity contribution is 6.10. The number of alkyl halides is 3. The van der Waals surface area contributed by atoms with Gasteiger partial charge >= 0.3 is 6.18 Å². The monoisotopic (exact) mass is 705 g/mol. The SMILES string of the molecule is Cn1cnc2c3c(c(C(F)(F)F)cc21)-c1cccn2c(C(=O)c4cc(F)c(NC(=O)/C=C/CNC56CCC(CC5)OC6)c(F)c4)cc(c12)CCO3. The van der Waals surface area contributed by atoms with Gasteiger partial charge in [0.15, 0.2) is 5.75 Å². The van der Waals surface area contributed by atoms with Crippen molar-refractivity contribution in [2.45, 2.75) is 49.9 Å². The van der Waals surface area contributed by atoms with E-state index in [1.807, 2.05) is 0 Å². The van der Waals surface area contributed by atoms with Gasteiger partial charge in [-0.25, -0.2) is 13.8 Å². The van der Waals surface area contributed by atoms with Crippen LogP contribution in [-0.4, -0.2) is 57.0 Å². The Kier molecular flexibility index (Phi) is 7.98. The Morgan fingerprint density at radius 1 is 1.12 bits per heavy atom. The normalized spacial score (nSPS) is 20.0. The third-order valence-electron chi connectivity index (χ3n) is 10.2. The summed E-state index contributed by atoms with van der Waals surface area (Å²) in [6, 6.07) is 7.18. The molecule has 1 amide bonds. The molecule has 51 heavy (non-hydrogen) atoms. The standard InChI is InChI=1S/C37H32F5N5O4/c1-46-19-43-32-27(46)17-24(37(40,41)42)30-23-4-3-12-47-28(16-20(33(23)47)8-13-50-35(30)32)34(49)21-14-25(38)31(26(39)15-21)45-29(48)5-2-11-44-36-9-6-22(7-10-36)51-18-36/h2-5,12,14-17,19,22,44H,6-11,13,18H2,1H3,(H,45,48)/b5-2+. The summed E-state index contributed by atoms with van der Waals surface area (Å²) >= 11 is 0. The average molecular weight is 706 g/mol. The number of rotatable bonds is 7. The minimum Gasteiger partial charge on any atom is -0.490 e. The molecular formula is C37H32F5N5O4. The van der Waals surface area contributed by atoms with Gasteiger partial charge in [-0.05, 0) is 61.6 Å². The quantitative estimate of drug-likeness (QED) is 0.111. The molecule has 0 atom stereocenters. The lowest BCUT2D eigenvalue weighted by atomic mass is 9.78. The third kappa shape index (κ3) is 5.75. The molecule has 9 nitrogen and oxygen atoms in total. The van der Waals surface area contributed by atoms with Crippen molar-refractivity contribution < 1.29 is 41.0 Å². The van der Waals surface area contributed by atoms with Gasteiger partial charge in [-0.15, -0.1) is 0 Å². The molecular weight excluding hydrogens is 673 g/mol. The van der Waals surface area contributed by atoms with E-state index in [2.05, 4.69) is 15.6 Å². The van der Waals surface area contributed by atoms with Crippen LogP contribution in [0.1, 0.15) is 52.9 Å². The highest BCUT2D eigenvalue weighted by Crippen LogP contribution is 2.48. The maximum absolute atomic E-state index is 15.3. The first-order valence-corrected chi connectivity index (χ1v) is 16.6. The van der Waals surface area contributed by atoms with Crippen LogP contribution in [0.5, 0.6) is 5.75 Å². The van der Waals surface area contributed by atoms with Gasteiger partial charge in [0.2, 0.25) is 11.7 Å². The second-order valence-electron chi connectivity index (χ2n) is 13.4. The molecule has 0 unspecified atom stereocenters. The number of hydrogen-bond acceptors (Lipinski definition) is 6. The molecule has 0 radical (unpaired) electrons. The van der Waals surface area contributed by atoms with Gasteiger partial charge in [-0.1, -0.05) is 12.1 Å². The summed E-state index contributed by atoms with van der Waals surface area (Å²) in [6.07, 6.45) is 5.40. The number of pyridine rings is 1. The predicted molar refractivity (Wildman–Crippen MR) is 178 cm³/mol. The van der Waals surface area contributed by atoms with Crippen molar-refractivity contribution in [1.82, 2.24) is 19.3 Å². The van der Waals surface area contributed by atoms with Gasteiger partial charge < -0.3 is 29.1 Å². The van der Waals surface area contributed by atoms with Crippen molar-refractivity contribution in [2.75, 3.05) is 25.1 Å². The highest BCUT2D eigenvalue weighted by atomic mass is 19.4. The van der Waals surface area contributed by atoms with E-state index >= 15 is 8.78 Å². The highest BCUT2D eigenvalue weighted by Gasteiger charge is 2.41. The third-order valence-corrected chi connectivity index (χ3v) is 10.2. The van der Waals surface area contributed by atoms with Crippen LogP contribution < -0.4 is 15.4 Å². The number of hydrogen-bond donors (Lipinski definition) is 2. The largest absolute Gasteiger partial charge is 0.490 e. The van der Waals surface area contributed by atoms with Gasteiger partial charge in [-0.2, -0.15) is 13.2 Å². The van der Waals surface area contributed by atoms with Crippen LogP contribution in [0.4, 0.5) is 27.6 Å². The van der Waals surface area contributed by atoms with E-state index < -0.39 is 40.8 Å². The number of anilines is 1. The number of carbonyl (C=O) groups is 2. The lowest BCUT2D eigenvalue weighted by Crippen LogP contribution is -2.57. The molecule has 1 saturated carbocycles. The number of carbonyl (C=O) groups excluding carboxylic acids is 2. The summed E-state index contributed by atoms with van der Waals surface area (Å²) < 4.78 is 89.1. The van der Waals surface area contributed by atoms with Crippen LogP contribution in [0, 0.1) is 11.6 Å². The molecule has 2 aromatic carbocycles. The van der Waals surface area contributed by atoms with Crippen molar-refractivity contribution in [3.63, 3.8) is 0 Å². The van der Waals surface area contributed by atoms with Crippen LogP contribution in [0.3, 0.4) is 0 Å². The molecule has 3 aromatic heterocycles. The summed E-state index contributed by atoms with van der Waals surface area (Å²) in [4.78, 5) is 30.7. The molecule has 3 fully saturated rings. The number of fused-ring (bicyclic) bond motifs is 7. The summed E-state index contributed by atoms with van der Waals surface area (Å²) in [5.41, 5.74) is -0.820. The Bertz CT molecular complexity index is 2230. The molecule has 2 saturated heterocycles. The molecule has 6 heterocycles. The van der Waals surface area contributed by atoms with E-state index in [0.717, 1.165) is 43.9 Å². The fourth-order valence-corrected chi connectivity index (χ4v) is 7.57. The zero-order valence-corrected chi connectivity index (χ0v) is 27.4. The molecule has 4 aliphatic rings. The maximum Gasteiger partial charge on any atom is 0.417 e. The number of nitrogens with one attached hydrogen (secondary N) is 2. The number of aryl methyl sites for hydroxylation is 1. The summed E-state index contributed by atoms with van der Waals surface area (Å²) in [7, 11) is 1.59. The van der Waals surface area contributed by atoms with E-state index in [9.17, 15) is 22.8 Å². The lowest BCUT2D eigenvalue weighted by Gasteiger charge is -2.46. The molecule has 0 spiro atoms. The Hall–Kier alpha value is -5.08. The van der Waals surface area contributed by atoms with Crippen molar-refractivity contribution in [2.24, 2.45) is 7.05 Å². The summed E-state index contributed by atoms with van der Waals surface area (Å²) in [6.45, 7) is 0.966. The second kappa shape index (κ2) is 12.3. The molecule has 1 aliphatic carbocycles. The predicted octanol–water partition coefficient (Wildman–Crippen LogP) is 6.75. The lowest BCUT2D eigenvalue weighted by molar-refractivity contribution is -0.137. The Labute approximate surface area is 288 Å². The van der Waals surface area contributed by atoms with Crippen molar-refractivity contribution in [3.05, 3.63) is 95.1 Å². The number of halogens is 5. The topological polar surface area (TPSA) is 98.9 Å². The number of ketones is 1. The van der Waals surface area contributed by atoms with Gasteiger partial charge in [-0.3, -0.25) is 9.59 Å². The number of amides is 1. The molecule has 5 aromatic rings. The van der Waals surface area contributed by atoms with E-state index in [1.165, 1.54) is 45.8 Å². The minimum absolute atomic E-state index is 0.0138. The number of aromatic nitrogens is 3. The van der Waals surface area contributed by atoms with Gasteiger partial charge in [0.1, 0.15) is 22.8 Å². The first-order valence-electron chi connectivity index (χ1n) is 16.6. The van der Waals surface area contributed by atoms with Gasteiger partial charge in [0.05, 0.1) is 47.9 Å². The minimum atomic E-state index is -4.76. The molecule has 3 aliphatic heterocycles. The van der Waals surface area contributed by atoms with Crippen molar-refractivity contribution in [1.29, 1.82) is 0 Å². The Morgan fingerprint density at radius 2 is 1.88 bits per heavy atom. The number of benzene rings is 2. The maximum atomic E-state index is 15.3. The van der Waals surface area contributed by atoms with Crippen LogP contribution in [0.25, 0.3) is 27.7 Å². The zero-order valence-electron chi connectivity index (χ0n) is 27.4. The number of imidazole rings is 1. The van der Waals surface area contributed by atoms with Crippen LogP contribution in [-0.2, 0) is 29.2 Å². The average Bonchev–Trinajstić information content (AvgIpc) is 3.67. The Morgan fingerprint density at radius 3 is 2.59 bits per heavy atom. The van der Waals surface area contributed by atoms with Crippen LogP contribution >= 0.6 is 0 Å². The fraction of sp³-hybridized carbons (Fsp3) is 0.324. The zero-order chi connectivity index (χ0) is 35.7. The fourth-order valence-electron chi connectivity index (χ4n) is 7.57. The van der Waals surface area contributed by atoms with E-state index in [0.29, 0.717) is 30.3 Å². The molecule has 2 N–H and O–H groups in total. The Balaban J connectivity index is 1.08. The van der Waals surface area contributed by atoms with Crippen molar-refractivity contribution in [3.8, 4) is 16.9 Å². The second-order valence-corrected chi connectivity index (χ2v) is 13.4. The first-order chi connectivity index (χ1) is 24.4. The van der Waals surface area contributed by atoms with E-state index in [4.69, 9.17) is 9.47 Å². The van der Waals surface area contributed by atoms with Crippen LogP contribution in [0.2, 0.25) is 0 Å².